The van der Waals surface area contributed by atoms with Crippen LogP contribution in [0.15, 0.2) is 59.8 Å². The van der Waals surface area contributed by atoms with E-state index >= 15 is 0 Å². The summed E-state index contributed by atoms with van der Waals surface area (Å²) in [5.41, 5.74) is 2.01. The van der Waals surface area contributed by atoms with Crippen molar-refractivity contribution in [2.75, 3.05) is 0 Å². The van der Waals surface area contributed by atoms with Crippen molar-refractivity contribution in [1.82, 2.24) is 20.1 Å². The molecular weight excluding hydrogens is 363 g/mol. The molecule has 3 rings (SSSR count). The molecule has 2 aromatic carbocycles. The molecule has 0 aliphatic carbocycles. The summed E-state index contributed by atoms with van der Waals surface area (Å²) < 4.78 is 14.8. The van der Waals surface area contributed by atoms with E-state index in [1.165, 1.54) is 23.9 Å². The number of amides is 1. The molecule has 3 aromatic rings. The molecule has 0 saturated carbocycles. The molecule has 0 radical (unpaired) electrons. The van der Waals surface area contributed by atoms with Gasteiger partial charge in [-0.2, -0.15) is 0 Å². The number of thioether (sulfide) groups is 1. The highest BCUT2D eigenvalue weighted by Crippen LogP contribution is 2.22. The van der Waals surface area contributed by atoms with Gasteiger partial charge < -0.3 is 9.88 Å². The number of halogens is 1. The molecule has 0 aliphatic rings. The smallest absolute Gasteiger partial charge is 0.233 e. The van der Waals surface area contributed by atoms with Crippen LogP contribution in [-0.4, -0.2) is 25.9 Å². The van der Waals surface area contributed by atoms with Gasteiger partial charge in [0.25, 0.3) is 0 Å². The van der Waals surface area contributed by atoms with Crippen LogP contribution in [-0.2, 0) is 24.8 Å². The predicted molar refractivity (Wildman–Crippen MR) is 104 cm³/mol. The maximum Gasteiger partial charge on any atom is 0.233 e. The van der Waals surface area contributed by atoms with Crippen molar-refractivity contribution < 1.29 is 9.18 Å². The van der Waals surface area contributed by atoms with Crippen LogP contribution in [0.2, 0.25) is 0 Å². The quantitative estimate of drug-likeness (QED) is 0.635. The second-order valence-electron chi connectivity index (χ2n) is 6.22. The van der Waals surface area contributed by atoms with Gasteiger partial charge in [0.1, 0.15) is 11.6 Å². The minimum atomic E-state index is -0.321. The highest BCUT2D eigenvalue weighted by atomic mass is 32.2. The molecule has 0 saturated heterocycles. The Bertz CT molecular complexity index is 896. The first-order chi connectivity index (χ1) is 13.0. The van der Waals surface area contributed by atoms with Gasteiger partial charge in [0, 0.05) is 20.0 Å². The van der Waals surface area contributed by atoms with Crippen molar-refractivity contribution in [2.24, 2.45) is 7.05 Å². The number of carbonyl (C=O) groups excluding carboxylic acids is 1. The molecule has 1 heterocycles. The van der Waals surface area contributed by atoms with Crippen molar-refractivity contribution in [2.45, 2.75) is 30.3 Å². The summed E-state index contributed by atoms with van der Waals surface area (Å²) in [6, 6.07) is 16.1. The number of nitrogens with zero attached hydrogens (tertiary/aromatic N) is 3. The molecule has 7 heteroatoms. The summed E-state index contributed by atoms with van der Waals surface area (Å²) in [6.45, 7) is 2.19. The molecule has 0 fully saturated rings. The van der Waals surface area contributed by atoms with Gasteiger partial charge in [-0.05, 0) is 30.2 Å². The van der Waals surface area contributed by atoms with Gasteiger partial charge in [-0.1, -0.05) is 54.2 Å². The fraction of sp³-hybridized carbons (Fsp3) is 0.250. The zero-order chi connectivity index (χ0) is 19.2. The van der Waals surface area contributed by atoms with E-state index in [-0.39, 0.29) is 17.0 Å². The van der Waals surface area contributed by atoms with Crippen molar-refractivity contribution >= 4 is 17.7 Å². The van der Waals surface area contributed by atoms with Gasteiger partial charge in [-0.3, -0.25) is 4.79 Å². The number of aromatic nitrogens is 3. The Morgan fingerprint density at radius 3 is 2.52 bits per heavy atom. The monoisotopic (exact) mass is 384 g/mol. The maximum absolute atomic E-state index is 12.9. The summed E-state index contributed by atoms with van der Waals surface area (Å²) in [6.07, 6.45) is 0.691. The molecule has 140 valence electrons. The van der Waals surface area contributed by atoms with E-state index < -0.39 is 0 Å². The highest BCUT2D eigenvalue weighted by Gasteiger charge is 2.18. The summed E-state index contributed by atoms with van der Waals surface area (Å²) >= 11 is 1.36. The number of rotatable bonds is 7. The second-order valence-corrected chi connectivity index (χ2v) is 7.53. The lowest BCUT2D eigenvalue weighted by atomic mass is 10.1. The number of benzene rings is 2. The average molecular weight is 384 g/mol. The lowest BCUT2D eigenvalue weighted by Crippen LogP contribution is -2.30. The highest BCUT2D eigenvalue weighted by molar-refractivity contribution is 8.00. The van der Waals surface area contributed by atoms with Gasteiger partial charge in [0.15, 0.2) is 5.16 Å². The van der Waals surface area contributed by atoms with E-state index in [4.69, 9.17) is 0 Å². The third-order valence-corrected chi connectivity index (χ3v) is 5.30. The van der Waals surface area contributed by atoms with E-state index in [9.17, 15) is 9.18 Å². The van der Waals surface area contributed by atoms with Crippen LogP contribution in [0.5, 0.6) is 0 Å². The molecule has 0 unspecified atom stereocenters. The molecule has 0 bridgehead atoms. The van der Waals surface area contributed by atoms with E-state index in [1.54, 1.807) is 12.1 Å². The minimum Gasteiger partial charge on any atom is -0.351 e. The van der Waals surface area contributed by atoms with Crippen LogP contribution < -0.4 is 5.32 Å². The Labute approximate surface area is 162 Å². The molecule has 1 atom stereocenters. The molecule has 1 aromatic heterocycles. The van der Waals surface area contributed by atoms with Crippen LogP contribution in [0.1, 0.15) is 23.9 Å². The number of hydrogen-bond acceptors (Lipinski definition) is 4. The van der Waals surface area contributed by atoms with Crippen LogP contribution in [0, 0.1) is 5.82 Å². The first-order valence-electron chi connectivity index (χ1n) is 8.64. The fourth-order valence-electron chi connectivity index (χ4n) is 2.53. The zero-order valence-corrected chi connectivity index (χ0v) is 16.0. The Kier molecular flexibility index (Phi) is 6.24. The first kappa shape index (κ1) is 19.1. The van der Waals surface area contributed by atoms with Gasteiger partial charge >= 0.3 is 0 Å². The number of nitrogens with one attached hydrogen (secondary N) is 1. The molecular formula is C20H21FN4OS. The largest absolute Gasteiger partial charge is 0.351 e. The van der Waals surface area contributed by atoms with Crippen LogP contribution >= 0.6 is 11.8 Å². The van der Waals surface area contributed by atoms with E-state index in [0.717, 1.165) is 17.0 Å². The molecule has 5 nitrogen and oxygen atoms in total. The molecule has 1 amide bonds. The number of carbonyl (C=O) groups is 1. The van der Waals surface area contributed by atoms with E-state index in [0.29, 0.717) is 18.1 Å². The average Bonchev–Trinajstić information content (AvgIpc) is 3.01. The van der Waals surface area contributed by atoms with E-state index in [1.807, 2.05) is 48.9 Å². The third kappa shape index (κ3) is 5.17. The molecule has 0 spiro atoms. The standard InChI is InChI=1S/C20H21FN4OS/c1-14(19(26)22-13-16-8-10-17(21)11-9-16)27-20-24-23-18(25(20)2)12-15-6-4-3-5-7-15/h3-11,14H,12-13H2,1-2H3,(H,22,26)/t14-/m1/s1. The second kappa shape index (κ2) is 8.81. The predicted octanol–water partition coefficient (Wildman–Crippen LogP) is 3.34. The lowest BCUT2D eigenvalue weighted by Gasteiger charge is -2.12. The van der Waals surface area contributed by atoms with Crippen molar-refractivity contribution in [3.05, 3.63) is 77.4 Å². The summed E-state index contributed by atoms with van der Waals surface area (Å²) in [7, 11) is 1.91. The molecule has 0 aliphatic heterocycles. The van der Waals surface area contributed by atoms with Crippen LogP contribution in [0.4, 0.5) is 4.39 Å². The Morgan fingerprint density at radius 1 is 1.11 bits per heavy atom. The molecule has 1 N–H and O–H groups in total. The van der Waals surface area contributed by atoms with Crippen molar-refractivity contribution in [3.63, 3.8) is 0 Å². The lowest BCUT2D eigenvalue weighted by molar-refractivity contribution is -0.120. The number of hydrogen-bond donors (Lipinski definition) is 1. The summed E-state index contributed by atoms with van der Waals surface area (Å²) in [4.78, 5) is 12.3. The molecule has 27 heavy (non-hydrogen) atoms. The SMILES string of the molecule is C[C@@H](Sc1nnc(Cc2ccccc2)n1C)C(=O)NCc1ccc(F)cc1. The van der Waals surface area contributed by atoms with E-state index in [2.05, 4.69) is 15.5 Å². The third-order valence-electron chi connectivity index (χ3n) is 4.16. The Balaban J connectivity index is 1.56. The van der Waals surface area contributed by atoms with Gasteiger partial charge in [-0.25, -0.2) is 4.39 Å². The van der Waals surface area contributed by atoms with Crippen LogP contribution in [0.25, 0.3) is 0 Å². The van der Waals surface area contributed by atoms with Crippen molar-refractivity contribution in [1.29, 1.82) is 0 Å². The minimum absolute atomic E-state index is 0.100. The summed E-state index contributed by atoms with van der Waals surface area (Å²) in [5.74, 6) is 0.460. The van der Waals surface area contributed by atoms with Gasteiger partial charge in [-0.15, -0.1) is 10.2 Å². The topological polar surface area (TPSA) is 59.8 Å². The van der Waals surface area contributed by atoms with Crippen molar-refractivity contribution in [3.8, 4) is 0 Å². The Morgan fingerprint density at radius 2 is 1.81 bits per heavy atom. The Hall–Kier alpha value is -2.67. The van der Waals surface area contributed by atoms with Gasteiger partial charge in [0.05, 0.1) is 5.25 Å². The summed E-state index contributed by atoms with van der Waals surface area (Å²) in [5, 5.41) is 11.7. The zero-order valence-electron chi connectivity index (χ0n) is 15.2. The maximum atomic E-state index is 12.9. The normalized spacial score (nSPS) is 12.0. The van der Waals surface area contributed by atoms with Gasteiger partial charge in [0.2, 0.25) is 5.91 Å². The first-order valence-corrected chi connectivity index (χ1v) is 9.52. The van der Waals surface area contributed by atoms with Crippen LogP contribution in [0.3, 0.4) is 0 Å². The fourth-order valence-corrected chi connectivity index (χ4v) is 3.38.